The van der Waals surface area contributed by atoms with Crippen molar-refractivity contribution in [2.45, 2.75) is 13.1 Å². The number of nitrogens with zero attached hydrogens (tertiary/aromatic N) is 6. The van der Waals surface area contributed by atoms with Crippen molar-refractivity contribution in [3.8, 4) is 0 Å². The van der Waals surface area contributed by atoms with E-state index in [9.17, 15) is 9.18 Å². The molecular formula is C25H26FN7O. The fourth-order valence-corrected chi connectivity index (χ4v) is 4.27. The molecule has 3 heterocycles. The Kier molecular flexibility index (Phi) is 6.44. The number of carbonyl (C=O) groups excluding carboxylic acids is 1. The van der Waals surface area contributed by atoms with Crippen molar-refractivity contribution in [2.24, 2.45) is 0 Å². The molecule has 0 saturated carbocycles. The van der Waals surface area contributed by atoms with Crippen LogP contribution in [-0.4, -0.2) is 63.3 Å². The lowest BCUT2D eigenvalue weighted by Gasteiger charge is -2.35. The number of fused-ring (bicyclic) bond motifs is 1. The Labute approximate surface area is 197 Å². The van der Waals surface area contributed by atoms with Crippen LogP contribution in [0.1, 0.15) is 15.9 Å². The maximum atomic E-state index is 13.8. The molecule has 1 aliphatic heterocycles. The monoisotopic (exact) mass is 459 g/mol. The number of piperazine rings is 1. The van der Waals surface area contributed by atoms with E-state index < -0.39 is 11.7 Å². The van der Waals surface area contributed by atoms with E-state index in [0.29, 0.717) is 13.1 Å². The van der Waals surface area contributed by atoms with E-state index in [1.807, 2.05) is 6.07 Å². The summed E-state index contributed by atoms with van der Waals surface area (Å²) < 4.78 is 15.5. The summed E-state index contributed by atoms with van der Waals surface area (Å²) in [6, 6.07) is 16.4. The van der Waals surface area contributed by atoms with E-state index in [0.717, 1.165) is 49.6 Å². The van der Waals surface area contributed by atoms with Gasteiger partial charge < -0.3 is 10.2 Å². The van der Waals surface area contributed by atoms with Gasteiger partial charge in [0, 0.05) is 39.3 Å². The Morgan fingerprint density at radius 3 is 2.53 bits per heavy atom. The number of hydrogen-bond acceptors (Lipinski definition) is 6. The molecule has 0 spiro atoms. The standard InChI is InChI=1S/C25H26FN7O/c26-22-9-5-4-8-20(22)25(34)27-10-11-33-24-21(16-30-33)23(28-18-29-24)32-14-12-31(13-15-32)17-19-6-2-1-3-7-19/h1-9,16,18H,10-15,17H2,(H,27,34). The van der Waals surface area contributed by atoms with Crippen LogP contribution < -0.4 is 10.2 Å². The normalized spacial score (nSPS) is 14.4. The molecule has 9 heteroatoms. The second-order valence-corrected chi connectivity index (χ2v) is 8.29. The van der Waals surface area contributed by atoms with Gasteiger partial charge in [0.25, 0.3) is 5.91 Å². The van der Waals surface area contributed by atoms with Gasteiger partial charge in [0.05, 0.1) is 23.7 Å². The van der Waals surface area contributed by atoms with Gasteiger partial charge >= 0.3 is 0 Å². The van der Waals surface area contributed by atoms with Crippen molar-refractivity contribution < 1.29 is 9.18 Å². The number of benzene rings is 2. The third kappa shape index (κ3) is 4.74. The summed E-state index contributed by atoms with van der Waals surface area (Å²) in [6.07, 6.45) is 3.34. The summed E-state index contributed by atoms with van der Waals surface area (Å²) in [6.45, 7) is 5.34. The third-order valence-electron chi connectivity index (χ3n) is 6.06. The van der Waals surface area contributed by atoms with Crippen molar-refractivity contribution in [1.82, 2.24) is 30.0 Å². The SMILES string of the molecule is O=C(NCCn1ncc2c(N3CCN(Cc4ccccc4)CC3)ncnc21)c1ccccc1F. The largest absolute Gasteiger partial charge is 0.353 e. The van der Waals surface area contributed by atoms with Gasteiger partial charge in [0.15, 0.2) is 5.65 Å². The van der Waals surface area contributed by atoms with Crippen LogP contribution in [0.5, 0.6) is 0 Å². The minimum atomic E-state index is -0.536. The van der Waals surface area contributed by atoms with Crippen LogP contribution in [0.15, 0.2) is 67.1 Å². The molecule has 2 aromatic carbocycles. The first-order valence-electron chi connectivity index (χ1n) is 11.4. The number of aromatic nitrogens is 4. The summed E-state index contributed by atoms with van der Waals surface area (Å²) in [4.78, 5) is 25.9. The molecule has 1 amide bonds. The summed E-state index contributed by atoms with van der Waals surface area (Å²) in [7, 11) is 0. The summed E-state index contributed by atoms with van der Waals surface area (Å²) in [5, 5.41) is 8.10. The van der Waals surface area contributed by atoms with E-state index in [2.05, 4.69) is 54.4 Å². The second-order valence-electron chi connectivity index (χ2n) is 8.29. The molecule has 4 aromatic rings. The fraction of sp³-hybridized carbons (Fsp3) is 0.280. The number of amides is 1. The van der Waals surface area contributed by atoms with Crippen LogP contribution in [0, 0.1) is 5.82 Å². The number of nitrogens with one attached hydrogen (secondary N) is 1. The number of halogens is 1. The van der Waals surface area contributed by atoms with Crippen molar-refractivity contribution >= 4 is 22.8 Å². The van der Waals surface area contributed by atoms with Crippen LogP contribution in [0.2, 0.25) is 0 Å². The number of carbonyl (C=O) groups is 1. The van der Waals surface area contributed by atoms with Crippen molar-refractivity contribution in [3.05, 3.63) is 84.1 Å². The predicted molar refractivity (Wildman–Crippen MR) is 128 cm³/mol. The predicted octanol–water partition coefficient (Wildman–Crippen LogP) is 2.72. The average Bonchev–Trinajstić information content (AvgIpc) is 3.29. The Balaban J connectivity index is 1.21. The number of rotatable bonds is 7. The molecule has 1 N–H and O–H groups in total. The van der Waals surface area contributed by atoms with Gasteiger partial charge in [-0.3, -0.25) is 9.69 Å². The summed E-state index contributed by atoms with van der Waals surface area (Å²) >= 11 is 0. The van der Waals surface area contributed by atoms with E-state index in [1.165, 1.54) is 17.7 Å². The van der Waals surface area contributed by atoms with Gasteiger partial charge in [-0.25, -0.2) is 19.0 Å². The second kappa shape index (κ2) is 9.96. The van der Waals surface area contributed by atoms with E-state index in [4.69, 9.17) is 0 Å². The van der Waals surface area contributed by atoms with E-state index >= 15 is 0 Å². The highest BCUT2D eigenvalue weighted by Crippen LogP contribution is 2.24. The molecule has 5 rings (SSSR count). The van der Waals surface area contributed by atoms with E-state index in [-0.39, 0.29) is 5.56 Å². The summed E-state index contributed by atoms with van der Waals surface area (Å²) in [5.74, 6) is -0.102. The first-order valence-corrected chi connectivity index (χ1v) is 11.4. The zero-order valence-corrected chi connectivity index (χ0v) is 18.8. The molecular weight excluding hydrogens is 433 g/mol. The molecule has 34 heavy (non-hydrogen) atoms. The lowest BCUT2D eigenvalue weighted by Crippen LogP contribution is -2.46. The lowest BCUT2D eigenvalue weighted by atomic mass is 10.2. The van der Waals surface area contributed by atoms with Gasteiger partial charge in [-0.15, -0.1) is 0 Å². The highest BCUT2D eigenvalue weighted by molar-refractivity contribution is 5.94. The molecule has 0 bridgehead atoms. The molecule has 0 aliphatic carbocycles. The van der Waals surface area contributed by atoms with Gasteiger partial charge in [-0.2, -0.15) is 5.10 Å². The molecule has 2 aromatic heterocycles. The Morgan fingerprint density at radius 2 is 1.74 bits per heavy atom. The third-order valence-corrected chi connectivity index (χ3v) is 6.06. The number of anilines is 1. The number of hydrogen-bond donors (Lipinski definition) is 1. The smallest absolute Gasteiger partial charge is 0.254 e. The van der Waals surface area contributed by atoms with Gasteiger partial charge in [-0.1, -0.05) is 42.5 Å². The zero-order chi connectivity index (χ0) is 23.3. The average molecular weight is 460 g/mol. The molecule has 0 atom stereocenters. The molecule has 0 unspecified atom stereocenters. The molecule has 0 radical (unpaired) electrons. The first-order chi connectivity index (χ1) is 16.7. The molecule has 1 fully saturated rings. The minimum absolute atomic E-state index is 0.0313. The van der Waals surface area contributed by atoms with Crippen LogP contribution in [0.4, 0.5) is 10.2 Å². The Bertz CT molecular complexity index is 1270. The van der Waals surface area contributed by atoms with Crippen molar-refractivity contribution in [3.63, 3.8) is 0 Å². The molecule has 1 aliphatic rings. The van der Waals surface area contributed by atoms with Crippen LogP contribution in [0.3, 0.4) is 0 Å². The summed E-state index contributed by atoms with van der Waals surface area (Å²) in [5.41, 5.74) is 2.07. The molecule has 174 valence electrons. The lowest BCUT2D eigenvalue weighted by molar-refractivity contribution is 0.0948. The minimum Gasteiger partial charge on any atom is -0.353 e. The first kappa shape index (κ1) is 22.0. The van der Waals surface area contributed by atoms with Crippen LogP contribution in [0.25, 0.3) is 11.0 Å². The maximum Gasteiger partial charge on any atom is 0.254 e. The van der Waals surface area contributed by atoms with Gasteiger partial charge in [0.2, 0.25) is 0 Å². The maximum absolute atomic E-state index is 13.8. The van der Waals surface area contributed by atoms with Crippen molar-refractivity contribution in [1.29, 1.82) is 0 Å². The topological polar surface area (TPSA) is 79.2 Å². The van der Waals surface area contributed by atoms with Crippen LogP contribution in [-0.2, 0) is 13.1 Å². The highest BCUT2D eigenvalue weighted by Gasteiger charge is 2.21. The zero-order valence-electron chi connectivity index (χ0n) is 18.8. The van der Waals surface area contributed by atoms with Gasteiger partial charge in [0.1, 0.15) is 18.0 Å². The molecule has 8 nitrogen and oxygen atoms in total. The van der Waals surface area contributed by atoms with E-state index in [1.54, 1.807) is 29.3 Å². The Hall–Kier alpha value is -3.85. The molecule has 1 saturated heterocycles. The van der Waals surface area contributed by atoms with Crippen molar-refractivity contribution in [2.75, 3.05) is 37.6 Å². The van der Waals surface area contributed by atoms with Gasteiger partial charge in [-0.05, 0) is 17.7 Å². The van der Waals surface area contributed by atoms with Crippen LogP contribution >= 0.6 is 0 Å². The fourth-order valence-electron chi connectivity index (χ4n) is 4.27. The highest BCUT2D eigenvalue weighted by atomic mass is 19.1. The quantitative estimate of drug-likeness (QED) is 0.458. The Morgan fingerprint density at radius 1 is 0.971 bits per heavy atom.